The van der Waals surface area contributed by atoms with E-state index in [1.165, 1.54) is 30.8 Å². The zero-order valence-corrected chi connectivity index (χ0v) is 11.7. The van der Waals surface area contributed by atoms with Gasteiger partial charge in [0.05, 0.1) is 5.02 Å². The monoisotopic (exact) mass is 305 g/mol. The van der Waals surface area contributed by atoms with E-state index in [-0.39, 0.29) is 10.8 Å². The Hall–Kier alpha value is -1.27. The van der Waals surface area contributed by atoms with Gasteiger partial charge in [-0.1, -0.05) is 17.7 Å². The van der Waals surface area contributed by atoms with Crippen molar-refractivity contribution < 1.29 is 19.1 Å². The average Bonchev–Trinajstić information content (AvgIpc) is 2.31. The molecule has 0 heterocycles. The van der Waals surface area contributed by atoms with Gasteiger partial charge in [-0.05, 0) is 17.7 Å². The molecule has 1 amide bonds. The Balaban J connectivity index is 2.49. The van der Waals surface area contributed by atoms with E-state index in [9.17, 15) is 14.0 Å². The van der Waals surface area contributed by atoms with Crippen molar-refractivity contribution in [2.45, 2.75) is 18.7 Å². The molecule has 0 aliphatic rings. The molecule has 1 aromatic carbocycles. The number of halogens is 2. The van der Waals surface area contributed by atoms with E-state index in [4.69, 9.17) is 16.7 Å². The minimum Gasteiger partial charge on any atom is -0.480 e. The molecule has 0 unspecified atom stereocenters. The highest BCUT2D eigenvalue weighted by Gasteiger charge is 2.18. The summed E-state index contributed by atoms with van der Waals surface area (Å²) >= 11 is 6.85. The van der Waals surface area contributed by atoms with Crippen molar-refractivity contribution >= 4 is 35.2 Å². The molecule has 19 heavy (non-hydrogen) atoms. The highest BCUT2D eigenvalue weighted by Crippen LogP contribution is 2.19. The van der Waals surface area contributed by atoms with Gasteiger partial charge in [-0.25, -0.2) is 9.18 Å². The second-order valence-corrected chi connectivity index (χ2v) is 5.29. The summed E-state index contributed by atoms with van der Waals surface area (Å²) < 4.78 is 13.2. The fourth-order valence-corrected chi connectivity index (χ4v) is 2.46. The molecule has 0 saturated heterocycles. The van der Waals surface area contributed by atoms with Crippen LogP contribution in [0.25, 0.3) is 0 Å². The van der Waals surface area contributed by atoms with Gasteiger partial charge in [0.2, 0.25) is 5.91 Å². The SMILES string of the molecule is CC(=O)N[C@@H](CSCc1ccc(Cl)c(F)c1)C(=O)O. The molecule has 0 spiro atoms. The number of nitrogens with one attached hydrogen (secondary N) is 1. The van der Waals surface area contributed by atoms with Crippen molar-refractivity contribution in [2.75, 3.05) is 5.75 Å². The van der Waals surface area contributed by atoms with E-state index in [1.54, 1.807) is 6.07 Å². The van der Waals surface area contributed by atoms with E-state index < -0.39 is 23.7 Å². The zero-order valence-electron chi connectivity index (χ0n) is 10.2. The normalized spacial score (nSPS) is 11.9. The highest BCUT2D eigenvalue weighted by atomic mass is 35.5. The topological polar surface area (TPSA) is 66.4 Å². The highest BCUT2D eigenvalue weighted by molar-refractivity contribution is 7.98. The van der Waals surface area contributed by atoms with Crippen LogP contribution in [0.2, 0.25) is 5.02 Å². The number of thioether (sulfide) groups is 1. The largest absolute Gasteiger partial charge is 0.480 e. The minimum atomic E-state index is -1.09. The second kappa shape index (κ2) is 7.35. The first-order valence-electron chi connectivity index (χ1n) is 5.41. The predicted octanol–water partition coefficient (Wildman–Crippen LogP) is 2.30. The maximum Gasteiger partial charge on any atom is 0.327 e. The van der Waals surface area contributed by atoms with Crippen LogP contribution in [0.15, 0.2) is 18.2 Å². The number of carboxylic acids is 1. The van der Waals surface area contributed by atoms with Crippen molar-refractivity contribution in [3.8, 4) is 0 Å². The Bertz CT molecular complexity index is 484. The summed E-state index contributed by atoms with van der Waals surface area (Å²) in [5, 5.41) is 11.3. The van der Waals surface area contributed by atoms with Gasteiger partial charge >= 0.3 is 5.97 Å². The van der Waals surface area contributed by atoms with Crippen LogP contribution in [0.1, 0.15) is 12.5 Å². The van der Waals surface area contributed by atoms with Crippen LogP contribution in [0, 0.1) is 5.82 Å². The predicted molar refractivity (Wildman–Crippen MR) is 72.8 cm³/mol. The molecule has 1 atom stereocenters. The summed E-state index contributed by atoms with van der Waals surface area (Å²) in [7, 11) is 0. The first-order valence-corrected chi connectivity index (χ1v) is 6.95. The second-order valence-electron chi connectivity index (χ2n) is 3.85. The van der Waals surface area contributed by atoms with Crippen molar-refractivity contribution in [3.05, 3.63) is 34.6 Å². The van der Waals surface area contributed by atoms with E-state index in [0.29, 0.717) is 11.3 Å². The van der Waals surface area contributed by atoms with Crippen molar-refractivity contribution in [3.63, 3.8) is 0 Å². The van der Waals surface area contributed by atoms with Crippen LogP contribution in [0.3, 0.4) is 0 Å². The lowest BCUT2D eigenvalue weighted by Gasteiger charge is -2.12. The molecule has 0 fully saturated rings. The molecule has 0 aromatic heterocycles. The fraction of sp³-hybridized carbons (Fsp3) is 0.333. The lowest BCUT2D eigenvalue weighted by Crippen LogP contribution is -2.41. The van der Waals surface area contributed by atoms with E-state index in [0.717, 1.165) is 0 Å². The molecular weight excluding hydrogens is 293 g/mol. The number of hydrogen-bond acceptors (Lipinski definition) is 3. The molecule has 1 aromatic rings. The number of rotatable bonds is 6. The summed E-state index contributed by atoms with van der Waals surface area (Å²) in [6.45, 7) is 1.26. The molecule has 0 aliphatic carbocycles. The van der Waals surface area contributed by atoms with Crippen LogP contribution in [-0.2, 0) is 15.3 Å². The van der Waals surface area contributed by atoms with Crippen molar-refractivity contribution in [1.29, 1.82) is 0 Å². The fourth-order valence-electron chi connectivity index (χ4n) is 1.34. The van der Waals surface area contributed by atoms with Crippen LogP contribution < -0.4 is 5.32 Å². The molecule has 2 N–H and O–H groups in total. The summed E-state index contributed by atoms with van der Waals surface area (Å²) in [5.74, 6) is -1.34. The minimum absolute atomic E-state index is 0.0513. The van der Waals surface area contributed by atoms with Gasteiger partial charge in [0, 0.05) is 18.4 Å². The maximum atomic E-state index is 13.2. The Labute approximate surface area is 119 Å². The van der Waals surface area contributed by atoms with Gasteiger partial charge < -0.3 is 10.4 Å². The molecule has 0 saturated carbocycles. The molecule has 0 bridgehead atoms. The molecule has 0 radical (unpaired) electrons. The van der Waals surface area contributed by atoms with Crippen LogP contribution >= 0.6 is 23.4 Å². The van der Waals surface area contributed by atoms with Crippen LogP contribution in [-0.4, -0.2) is 28.8 Å². The van der Waals surface area contributed by atoms with Crippen LogP contribution in [0.4, 0.5) is 4.39 Å². The maximum absolute atomic E-state index is 13.2. The Morgan fingerprint density at radius 2 is 2.21 bits per heavy atom. The summed E-state index contributed by atoms with van der Waals surface area (Å²) in [5.41, 5.74) is 0.707. The zero-order chi connectivity index (χ0) is 14.4. The lowest BCUT2D eigenvalue weighted by molar-refractivity contribution is -0.140. The van der Waals surface area contributed by atoms with E-state index in [2.05, 4.69) is 5.32 Å². The summed E-state index contributed by atoms with van der Waals surface area (Å²) in [6.07, 6.45) is 0. The first-order chi connectivity index (χ1) is 8.90. The third-order valence-electron chi connectivity index (χ3n) is 2.21. The molecular formula is C12H13ClFNO3S. The van der Waals surface area contributed by atoms with Gasteiger partial charge in [0.25, 0.3) is 0 Å². The van der Waals surface area contributed by atoms with Gasteiger partial charge in [-0.2, -0.15) is 11.8 Å². The van der Waals surface area contributed by atoms with E-state index in [1.807, 2.05) is 0 Å². The summed E-state index contributed by atoms with van der Waals surface area (Å²) in [4.78, 5) is 21.7. The quantitative estimate of drug-likeness (QED) is 0.846. The number of benzene rings is 1. The summed E-state index contributed by atoms with van der Waals surface area (Å²) in [6, 6.07) is 3.49. The van der Waals surface area contributed by atoms with Gasteiger partial charge in [-0.3, -0.25) is 4.79 Å². The number of hydrogen-bond donors (Lipinski definition) is 2. The van der Waals surface area contributed by atoms with Crippen molar-refractivity contribution in [2.24, 2.45) is 0 Å². The van der Waals surface area contributed by atoms with Crippen molar-refractivity contribution in [1.82, 2.24) is 5.32 Å². The smallest absolute Gasteiger partial charge is 0.327 e. The van der Waals surface area contributed by atoms with Gasteiger partial charge in [0.1, 0.15) is 11.9 Å². The average molecular weight is 306 g/mol. The Morgan fingerprint density at radius 1 is 1.53 bits per heavy atom. The van der Waals surface area contributed by atoms with E-state index >= 15 is 0 Å². The molecule has 4 nitrogen and oxygen atoms in total. The Kier molecular flexibility index (Phi) is 6.11. The number of aliphatic carboxylic acids is 1. The first kappa shape index (κ1) is 15.8. The molecule has 104 valence electrons. The standard InChI is InChI=1S/C12H13ClFNO3S/c1-7(16)15-11(12(17)18)6-19-5-8-2-3-9(13)10(14)4-8/h2-4,11H,5-6H2,1H3,(H,15,16)(H,17,18)/t11-/m0/s1. The number of amides is 1. The lowest BCUT2D eigenvalue weighted by atomic mass is 10.2. The number of carboxylic acid groups (broad SMARTS) is 1. The molecule has 7 heteroatoms. The molecule has 0 aliphatic heterocycles. The number of carbonyl (C=O) groups excluding carboxylic acids is 1. The van der Waals surface area contributed by atoms with Crippen LogP contribution in [0.5, 0.6) is 0 Å². The van der Waals surface area contributed by atoms with Gasteiger partial charge in [-0.15, -0.1) is 0 Å². The number of carbonyl (C=O) groups is 2. The third-order valence-corrected chi connectivity index (χ3v) is 3.63. The van der Waals surface area contributed by atoms with Gasteiger partial charge in [0.15, 0.2) is 0 Å². The molecule has 1 rings (SSSR count). The third kappa shape index (κ3) is 5.48. The Morgan fingerprint density at radius 3 is 2.74 bits per heavy atom.